The third kappa shape index (κ3) is 8.86. The molecule has 88 valence electrons. The lowest BCUT2D eigenvalue weighted by molar-refractivity contribution is 0.116. The van der Waals surface area contributed by atoms with Gasteiger partial charge in [-0.05, 0) is 19.3 Å². The SMILES string of the molecule is CN(C)C(=O)OCCCCCNC(N)=O. The van der Waals surface area contributed by atoms with Gasteiger partial charge in [0.05, 0.1) is 6.61 Å². The van der Waals surface area contributed by atoms with E-state index in [2.05, 4.69) is 5.32 Å². The van der Waals surface area contributed by atoms with E-state index in [4.69, 9.17) is 10.5 Å². The number of ether oxygens (including phenoxy) is 1. The lowest BCUT2D eigenvalue weighted by Crippen LogP contribution is -2.30. The molecule has 0 aliphatic heterocycles. The number of urea groups is 1. The molecule has 0 bridgehead atoms. The number of nitrogens with zero attached hydrogens (tertiary/aromatic N) is 1. The Morgan fingerprint density at radius 2 is 1.93 bits per heavy atom. The van der Waals surface area contributed by atoms with Gasteiger partial charge in [-0.15, -0.1) is 0 Å². The molecule has 0 aliphatic rings. The number of carbonyl (C=O) groups excluding carboxylic acids is 2. The van der Waals surface area contributed by atoms with Crippen molar-refractivity contribution in [1.82, 2.24) is 10.2 Å². The zero-order valence-electron chi connectivity index (χ0n) is 9.28. The maximum atomic E-state index is 11.0. The Bertz CT molecular complexity index is 207. The molecule has 0 atom stereocenters. The van der Waals surface area contributed by atoms with Crippen LogP contribution in [0.2, 0.25) is 0 Å². The molecule has 0 rings (SSSR count). The predicted octanol–water partition coefficient (Wildman–Crippen LogP) is 0.523. The normalized spacial score (nSPS) is 9.47. The molecule has 0 radical (unpaired) electrons. The second-order valence-electron chi connectivity index (χ2n) is 3.36. The molecule has 3 N–H and O–H groups in total. The van der Waals surface area contributed by atoms with Crippen molar-refractivity contribution >= 4 is 12.1 Å². The molecular weight excluding hydrogens is 198 g/mol. The molecular formula is C9H19N3O3. The van der Waals surface area contributed by atoms with E-state index in [1.165, 1.54) is 4.90 Å². The zero-order valence-corrected chi connectivity index (χ0v) is 9.28. The van der Waals surface area contributed by atoms with Crippen molar-refractivity contribution in [2.75, 3.05) is 27.2 Å². The first-order valence-electron chi connectivity index (χ1n) is 4.91. The fourth-order valence-corrected chi connectivity index (χ4v) is 0.904. The smallest absolute Gasteiger partial charge is 0.409 e. The Balaban J connectivity index is 3.18. The lowest BCUT2D eigenvalue weighted by Gasteiger charge is -2.10. The van der Waals surface area contributed by atoms with E-state index in [0.29, 0.717) is 13.2 Å². The van der Waals surface area contributed by atoms with E-state index >= 15 is 0 Å². The quantitative estimate of drug-likeness (QED) is 0.636. The summed E-state index contributed by atoms with van der Waals surface area (Å²) in [5.41, 5.74) is 4.88. The Morgan fingerprint density at radius 3 is 2.47 bits per heavy atom. The van der Waals surface area contributed by atoms with Crippen LogP contribution in [0.25, 0.3) is 0 Å². The average molecular weight is 217 g/mol. The molecule has 0 aliphatic carbocycles. The van der Waals surface area contributed by atoms with E-state index in [0.717, 1.165) is 19.3 Å². The molecule has 6 heteroatoms. The summed E-state index contributed by atoms with van der Waals surface area (Å²) in [5, 5.41) is 2.49. The van der Waals surface area contributed by atoms with Crippen LogP contribution in [0, 0.1) is 0 Å². The van der Waals surface area contributed by atoms with Crippen molar-refractivity contribution in [3.63, 3.8) is 0 Å². The number of rotatable bonds is 6. The van der Waals surface area contributed by atoms with E-state index < -0.39 is 6.03 Å². The van der Waals surface area contributed by atoms with Crippen LogP contribution in [0.1, 0.15) is 19.3 Å². The third-order valence-electron chi connectivity index (χ3n) is 1.71. The van der Waals surface area contributed by atoms with Gasteiger partial charge < -0.3 is 20.7 Å². The van der Waals surface area contributed by atoms with Gasteiger partial charge in [0.25, 0.3) is 0 Å². The second-order valence-corrected chi connectivity index (χ2v) is 3.36. The van der Waals surface area contributed by atoms with Gasteiger partial charge in [0.2, 0.25) is 0 Å². The second kappa shape index (κ2) is 7.90. The number of primary amides is 1. The largest absolute Gasteiger partial charge is 0.449 e. The molecule has 0 fully saturated rings. The van der Waals surface area contributed by atoms with Crippen molar-refractivity contribution in [3.8, 4) is 0 Å². The van der Waals surface area contributed by atoms with Crippen LogP contribution in [0.4, 0.5) is 9.59 Å². The molecule has 6 nitrogen and oxygen atoms in total. The van der Waals surface area contributed by atoms with Gasteiger partial charge in [-0.25, -0.2) is 9.59 Å². The van der Waals surface area contributed by atoms with Gasteiger partial charge in [-0.2, -0.15) is 0 Å². The van der Waals surface area contributed by atoms with Gasteiger partial charge in [-0.3, -0.25) is 0 Å². The molecule has 0 aromatic rings. The summed E-state index contributed by atoms with van der Waals surface area (Å²) in [6.07, 6.45) is 2.19. The summed E-state index contributed by atoms with van der Waals surface area (Å²) in [7, 11) is 3.28. The number of hydrogen-bond donors (Lipinski definition) is 2. The highest BCUT2D eigenvalue weighted by molar-refractivity contribution is 5.71. The topological polar surface area (TPSA) is 84.7 Å². The number of nitrogens with one attached hydrogen (secondary N) is 1. The number of nitrogens with two attached hydrogens (primary N) is 1. The first-order chi connectivity index (χ1) is 7.04. The zero-order chi connectivity index (χ0) is 11.7. The first kappa shape index (κ1) is 13.5. The fraction of sp³-hybridized carbons (Fsp3) is 0.778. The van der Waals surface area contributed by atoms with Crippen LogP contribution in [0.3, 0.4) is 0 Å². The minimum atomic E-state index is -0.506. The van der Waals surface area contributed by atoms with Crippen LogP contribution in [-0.4, -0.2) is 44.3 Å². The summed E-state index contributed by atoms with van der Waals surface area (Å²) in [6.45, 7) is 0.977. The molecule has 0 unspecified atom stereocenters. The Morgan fingerprint density at radius 1 is 1.27 bits per heavy atom. The highest BCUT2D eigenvalue weighted by Crippen LogP contribution is 1.96. The van der Waals surface area contributed by atoms with Crippen LogP contribution in [0.5, 0.6) is 0 Å². The molecule has 0 aromatic carbocycles. The van der Waals surface area contributed by atoms with Gasteiger partial charge in [0.15, 0.2) is 0 Å². The highest BCUT2D eigenvalue weighted by Gasteiger charge is 2.02. The number of unbranched alkanes of at least 4 members (excludes halogenated alkanes) is 2. The van der Waals surface area contributed by atoms with Crippen LogP contribution < -0.4 is 11.1 Å². The van der Waals surface area contributed by atoms with E-state index in [-0.39, 0.29) is 6.09 Å². The summed E-state index contributed by atoms with van der Waals surface area (Å²) in [6, 6.07) is -0.506. The Kier molecular flexibility index (Phi) is 7.13. The Hall–Kier alpha value is -1.46. The molecule has 0 heterocycles. The fourth-order valence-electron chi connectivity index (χ4n) is 0.904. The van der Waals surface area contributed by atoms with Gasteiger partial charge in [0.1, 0.15) is 0 Å². The minimum absolute atomic E-state index is 0.328. The lowest BCUT2D eigenvalue weighted by atomic mass is 10.2. The van der Waals surface area contributed by atoms with Crippen LogP contribution in [-0.2, 0) is 4.74 Å². The summed E-state index contributed by atoms with van der Waals surface area (Å²) in [5.74, 6) is 0. The molecule has 0 saturated heterocycles. The van der Waals surface area contributed by atoms with E-state index in [9.17, 15) is 9.59 Å². The van der Waals surface area contributed by atoms with Crippen molar-refractivity contribution in [2.45, 2.75) is 19.3 Å². The maximum Gasteiger partial charge on any atom is 0.409 e. The van der Waals surface area contributed by atoms with E-state index in [1.807, 2.05) is 0 Å². The van der Waals surface area contributed by atoms with Crippen molar-refractivity contribution in [1.29, 1.82) is 0 Å². The standard InChI is InChI=1S/C9H19N3O3/c1-12(2)9(14)15-7-5-3-4-6-11-8(10)13/h3-7H2,1-2H3,(H3,10,11,13). The van der Waals surface area contributed by atoms with Gasteiger partial charge >= 0.3 is 12.1 Å². The van der Waals surface area contributed by atoms with Crippen molar-refractivity contribution in [3.05, 3.63) is 0 Å². The van der Waals surface area contributed by atoms with E-state index in [1.54, 1.807) is 14.1 Å². The monoisotopic (exact) mass is 217 g/mol. The maximum absolute atomic E-state index is 11.0. The number of carbonyl (C=O) groups is 2. The minimum Gasteiger partial charge on any atom is -0.449 e. The molecule has 0 saturated carbocycles. The summed E-state index contributed by atoms with van der Waals surface area (Å²) < 4.78 is 4.91. The average Bonchev–Trinajstić information content (AvgIpc) is 2.15. The molecule has 0 spiro atoms. The third-order valence-corrected chi connectivity index (χ3v) is 1.71. The summed E-state index contributed by atoms with van der Waals surface area (Å²) in [4.78, 5) is 22.6. The Labute approximate surface area is 89.7 Å². The number of hydrogen-bond acceptors (Lipinski definition) is 3. The van der Waals surface area contributed by atoms with Crippen LogP contribution >= 0.6 is 0 Å². The van der Waals surface area contributed by atoms with Gasteiger partial charge in [-0.1, -0.05) is 0 Å². The first-order valence-corrected chi connectivity index (χ1v) is 4.91. The molecule has 0 aromatic heterocycles. The van der Waals surface area contributed by atoms with Crippen LogP contribution in [0.15, 0.2) is 0 Å². The number of amides is 3. The van der Waals surface area contributed by atoms with Crippen molar-refractivity contribution < 1.29 is 14.3 Å². The predicted molar refractivity (Wildman–Crippen MR) is 56.5 cm³/mol. The molecule has 15 heavy (non-hydrogen) atoms. The molecule has 3 amide bonds. The summed E-state index contributed by atoms with van der Waals surface area (Å²) >= 11 is 0. The van der Waals surface area contributed by atoms with Gasteiger partial charge in [0, 0.05) is 20.6 Å². The highest BCUT2D eigenvalue weighted by atomic mass is 16.6. The van der Waals surface area contributed by atoms with Crippen molar-refractivity contribution in [2.24, 2.45) is 5.73 Å².